The van der Waals surface area contributed by atoms with Crippen molar-refractivity contribution in [3.63, 3.8) is 0 Å². The quantitative estimate of drug-likeness (QED) is 0.908. The lowest BCUT2D eigenvalue weighted by Crippen LogP contribution is -2.34. The highest BCUT2D eigenvalue weighted by molar-refractivity contribution is 7.18. The van der Waals surface area contributed by atoms with Crippen LogP contribution in [0.4, 0.5) is 0 Å². The maximum absolute atomic E-state index is 10.2. The van der Waals surface area contributed by atoms with Crippen LogP contribution in [-0.2, 0) is 6.54 Å². The molecule has 1 aliphatic rings. The third-order valence-electron chi connectivity index (χ3n) is 4.00. The van der Waals surface area contributed by atoms with E-state index in [0.29, 0.717) is 12.8 Å². The van der Waals surface area contributed by atoms with Crippen LogP contribution in [0, 0.1) is 0 Å². The number of aliphatic hydroxyl groups excluding tert-OH is 1. The van der Waals surface area contributed by atoms with Gasteiger partial charge in [0.1, 0.15) is 5.01 Å². The Morgan fingerprint density at radius 3 is 2.90 bits per heavy atom. The van der Waals surface area contributed by atoms with Gasteiger partial charge in [0.25, 0.3) is 0 Å². The molecule has 2 heterocycles. The highest BCUT2D eigenvalue weighted by Crippen LogP contribution is 2.26. The van der Waals surface area contributed by atoms with Gasteiger partial charge < -0.3 is 10.2 Å². The van der Waals surface area contributed by atoms with E-state index in [9.17, 15) is 10.2 Å². The number of nitrogens with zero attached hydrogens (tertiary/aromatic N) is 2. The minimum Gasteiger partial charge on any atom is -0.393 e. The number of aliphatic hydroxyl groups is 2. The lowest BCUT2D eigenvalue weighted by atomic mass is 9.96. The summed E-state index contributed by atoms with van der Waals surface area (Å²) in [6.07, 6.45) is 2.23. The van der Waals surface area contributed by atoms with Crippen LogP contribution in [0.2, 0.25) is 0 Å². The Morgan fingerprint density at radius 2 is 2.10 bits per heavy atom. The number of fused-ring (bicyclic) bond motifs is 1. The van der Waals surface area contributed by atoms with Gasteiger partial charge in [0, 0.05) is 6.54 Å². The summed E-state index contributed by atoms with van der Waals surface area (Å²) in [5.74, 6) is 0. The molecule has 20 heavy (non-hydrogen) atoms. The zero-order valence-electron chi connectivity index (χ0n) is 11.5. The summed E-state index contributed by atoms with van der Waals surface area (Å²) in [6, 6.07) is 8.20. The highest BCUT2D eigenvalue weighted by atomic mass is 32.1. The van der Waals surface area contributed by atoms with Crippen LogP contribution in [0.3, 0.4) is 0 Å². The monoisotopic (exact) mass is 292 g/mol. The van der Waals surface area contributed by atoms with E-state index in [1.165, 1.54) is 4.70 Å². The van der Waals surface area contributed by atoms with E-state index in [-0.39, 0.29) is 6.61 Å². The first-order valence-electron chi connectivity index (χ1n) is 7.09. The van der Waals surface area contributed by atoms with Gasteiger partial charge in [-0.15, -0.1) is 11.3 Å². The molecule has 0 saturated carbocycles. The van der Waals surface area contributed by atoms with Crippen LogP contribution >= 0.6 is 11.3 Å². The second-order valence-electron chi connectivity index (χ2n) is 5.59. The van der Waals surface area contributed by atoms with Gasteiger partial charge in [0.05, 0.1) is 29.0 Å². The smallest absolute Gasteiger partial charge is 0.108 e. The number of thiazole rings is 1. The van der Waals surface area contributed by atoms with Crippen LogP contribution in [0.25, 0.3) is 10.2 Å². The number of likely N-dealkylation sites (tertiary alicyclic amines) is 1. The largest absolute Gasteiger partial charge is 0.393 e. The van der Waals surface area contributed by atoms with Gasteiger partial charge in [-0.05, 0) is 37.9 Å². The third-order valence-corrected chi connectivity index (χ3v) is 5.02. The fourth-order valence-electron chi connectivity index (χ4n) is 2.73. The number of hydrogen-bond donors (Lipinski definition) is 2. The second kappa shape index (κ2) is 5.77. The summed E-state index contributed by atoms with van der Waals surface area (Å²) >= 11 is 1.74. The maximum Gasteiger partial charge on any atom is 0.108 e. The first-order chi connectivity index (χ1) is 9.68. The first-order valence-corrected chi connectivity index (χ1v) is 7.90. The molecular weight excluding hydrogens is 272 g/mol. The fourth-order valence-corrected chi connectivity index (χ4v) is 3.74. The van der Waals surface area contributed by atoms with E-state index in [4.69, 9.17) is 0 Å². The Kier molecular flexibility index (Phi) is 4.03. The molecule has 0 radical (unpaired) electrons. The molecule has 0 spiro atoms. The van der Waals surface area contributed by atoms with Crippen LogP contribution in [0.1, 0.15) is 24.3 Å². The van der Waals surface area contributed by atoms with Gasteiger partial charge in [-0.1, -0.05) is 12.1 Å². The van der Waals surface area contributed by atoms with E-state index in [0.717, 1.165) is 36.6 Å². The zero-order chi connectivity index (χ0) is 14.0. The van der Waals surface area contributed by atoms with Crippen molar-refractivity contribution in [1.29, 1.82) is 0 Å². The van der Waals surface area contributed by atoms with E-state index >= 15 is 0 Å². The van der Waals surface area contributed by atoms with Gasteiger partial charge >= 0.3 is 0 Å². The zero-order valence-corrected chi connectivity index (χ0v) is 12.3. The van der Waals surface area contributed by atoms with Crippen molar-refractivity contribution in [2.75, 3.05) is 19.7 Å². The molecule has 0 aliphatic carbocycles. The van der Waals surface area contributed by atoms with Crippen LogP contribution in [-0.4, -0.2) is 45.4 Å². The molecule has 1 saturated heterocycles. The van der Waals surface area contributed by atoms with E-state index < -0.39 is 5.60 Å². The van der Waals surface area contributed by atoms with Crippen LogP contribution in [0.5, 0.6) is 0 Å². The summed E-state index contributed by atoms with van der Waals surface area (Å²) < 4.78 is 1.23. The standard InChI is InChI=1S/C15H20N2O2S/c18-11-15(19)6-3-8-17(9-7-15)10-14-16-12-4-1-2-5-13(12)20-14/h1-2,4-5,18-19H,3,6-11H2/t15-/m1/s1. The van der Waals surface area contributed by atoms with Crippen LogP contribution < -0.4 is 0 Å². The van der Waals surface area contributed by atoms with Gasteiger partial charge in [-0.25, -0.2) is 4.98 Å². The predicted molar refractivity (Wildman–Crippen MR) is 80.8 cm³/mol. The Balaban J connectivity index is 1.68. The van der Waals surface area contributed by atoms with Crippen molar-refractivity contribution >= 4 is 21.6 Å². The average Bonchev–Trinajstić information content (AvgIpc) is 2.77. The van der Waals surface area contributed by atoms with Crippen molar-refractivity contribution in [3.8, 4) is 0 Å². The Hall–Kier alpha value is -1.01. The third kappa shape index (κ3) is 3.01. The van der Waals surface area contributed by atoms with Gasteiger partial charge in [0.2, 0.25) is 0 Å². The van der Waals surface area contributed by atoms with Crippen LogP contribution in [0.15, 0.2) is 24.3 Å². The SMILES string of the molecule is OC[C@@]1(O)CCCN(Cc2nc3ccccc3s2)CC1. The van der Waals surface area contributed by atoms with E-state index in [1.807, 2.05) is 18.2 Å². The molecule has 2 aromatic rings. The van der Waals surface area contributed by atoms with E-state index in [2.05, 4.69) is 16.0 Å². The average molecular weight is 292 g/mol. The molecule has 0 amide bonds. The number of para-hydroxylation sites is 1. The van der Waals surface area contributed by atoms with Gasteiger partial charge in [-0.2, -0.15) is 0 Å². The van der Waals surface area contributed by atoms with Crippen molar-refractivity contribution < 1.29 is 10.2 Å². The minimum atomic E-state index is -0.887. The molecule has 1 aromatic carbocycles. The summed E-state index contributed by atoms with van der Waals surface area (Å²) in [5, 5.41) is 20.6. The maximum atomic E-state index is 10.2. The highest BCUT2D eigenvalue weighted by Gasteiger charge is 2.29. The Labute approximate surface area is 122 Å². The van der Waals surface area contributed by atoms with Crippen molar-refractivity contribution in [1.82, 2.24) is 9.88 Å². The molecule has 4 nitrogen and oxygen atoms in total. The normalized spacial score (nSPS) is 24.9. The van der Waals surface area contributed by atoms with Crippen molar-refractivity contribution in [2.45, 2.75) is 31.4 Å². The second-order valence-corrected chi connectivity index (χ2v) is 6.70. The van der Waals surface area contributed by atoms with Crippen molar-refractivity contribution in [2.24, 2.45) is 0 Å². The molecule has 0 bridgehead atoms. The molecule has 3 rings (SSSR count). The molecule has 2 N–H and O–H groups in total. The Bertz CT molecular complexity index is 553. The number of benzene rings is 1. The summed E-state index contributed by atoms with van der Waals surface area (Å²) in [6.45, 7) is 2.47. The molecule has 5 heteroatoms. The molecule has 1 fully saturated rings. The molecule has 1 atom stereocenters. The number of aromatic nitrogens is 1. The number of hydrogen-bond acceptors (Lipinski definition) is 5. The summed E-state index contributed by atoms with van der Waals surface area (Å²) in [4.78, 5) is 6.98. The first kappa shape index (κ1) is 13.9. The lowest BCUT2D eigenvalue weighted by Gasteiger charge is -2.24. The Morgan fingerprint density at radius 1 is 1.25 bits per heavy atom. The molecule has 1 aromatic heterocycles. The lowest BCUT2D eigenvalue weighted by molar-refractivity contribution is -0.0255. The fraction of sp³-hybridized carbons (Fsp3) is 0.533. The predicted octanol–water partition coefficient (Wildman–Crippen LogP) is 2.01. The summed E-state index contributed by atoms with van der Waals surface area (Å²) in [7, 11) is 0. The van der Waals surface area contributed by atoms with Gasteiger partial charge in [0.15, 0.2) is 0 Å². The molecule has 108 valence electrons. The minimum absolute atomic E-state index is 0.137. The van der Waals surface area contributed by atoms with Crippen molar-refractivity contribution in [3.05, 3.63) is 29.3 Å². The number of rotatable bonds is 3. The molecule has 1 aliphatic heterocycles. The van der Waals surface area contributed by atoms with Gasteiger partial charge in [-0.3, -0.25) is 4.90 Å². The molecular formula is C15H20N2O2S. The molecule has 0 unspecified atom stereocenters. The topological polar surface area (TPSA) is 56.6 Å². The van der Waals surface area contributed by atoms with E-state index in [1.54, 1.807) is 11.3 Å². The summed E-state index contributed by atoms with van der Waals surface area (Å²) in [5.41, 5.74) is 0.177.